The van der Waals surface area contributed by atoms with Crippen LogP contribution in [0.2, 0.25) is 0 Å². The van der Waals surface area contributed by atoms with Crippen molar-refractivity contribution in [2.24, 2.45) is 17.6 Å². The Morgan fingerprint density at radius 1 is 1.29 bits per heavy atom. The van der Waals surface area contributed by atoms with Crippen LogP contribution >= 0.6 is 0 Å². The van der Waals surface area contributed by atoms with E-state index in [4.69, 9.17) is 5.73 Å². The Bertz CT molecular complexity index is 475. The van der Waals surface area contributed by atoms with Crippen LogP contribution in [0.5, 0.6) is 0 Å². The zero-order chi connectivity index (χ0) is 12.3. The highest BCUT2D eigenvalue weighted by molar-refractivity contribution is 5.37. The highest BCUT2D eigenvalue weighted by Gasteiger charge is 2.14. The SMILES string of the molecule is CC(C)CC(CN)Cc1nnc2ccccn12. The lowest BCUT2D eigenvalue weighted by molar-refractivity contribution is 0.407. The predicted molar refractivity (Wildman–Crippen MR) is 68.7 cm³/mol. The maximum Gasteiger partial charge on any atom is 0.160 e. The van der Waals surface area contributed by atoms with Gasteiger partial charge in [-0.3, -0.25) is 4.40 Å². The van der Waals surface area contributed by atoms with Crippen molar-refractivity contribution >= 4 is 5.65 Å². The molecule has 0 amide bonds. The van der Waals surface area contributed by atoms with Crippen LogP contribution in [0.1, 0.15) is 26.1 Å². The van der Waals surface area contributed by atoms with E-state index in [1.54, 1.807) is 0 Å². The van der Waals surface area contributed by atoms with E-state index < -0.39 is 0 Å². The molecular weight excluding hydrogens is 212 g/mol. The molecule has 0 saturated heterocycles. The quantitative estimate of drug-likeness (QED) is 0.856. The first-order valence-corrected chi connectivity index (χ1v) is 6.19. The molecule has 0 aliphatic rings. The zero-order valence-electron chi connectivity index (χ0n) is 10.5. The van der Waals surface area contributed by atoms with Gasteiger partial charge in [0.05, 0.1) is 0 Å². The summed E-state index contributed by atoms with van der Waals surface area (Å²) in [5.41, 5.74) is 6.73. The third kappa shape index (κ3) is 2.82. The number of hydrogen-bond donors (Lipinski definition) is 1. The number of pyridine rings is 1. The summed E-state index contributed by atoms with van der Waals surface area (Å²) in [7, 11) is 0. The van der Waals surface area contributed by atoms with Crippen LogP contribution in [0.4, 0.5) is 0 Å². The third-order valence-corrected chi connectivity index (χ3v) is 2.99. The summed E-state index contributed by atoms with van der Waals surface area (Å²) in [4.78, 5) is 0. The molecule has 0 aliphatic heterocycles. The maximum absolute atomic E-state index is 5.82. The van der Waals surface area contributed by atoms with Crippen LogP contribution < -0.4 is 5.73 Å². The van der Waals surface area contributed by atoms with E-state index in [0.29, 0.717) is 18.4 Å². The van der Waals surface area contributed by atoms with Gasteiger partial charge in [-0.25, -0.2) is 0 Å². The smallest absolute Gasteiger partial charge is 0.160 e. The van der Waals surface area contributed by atoms with E-state index in [9.17, 15) is 0 Å². The van der Waals surface area contributed by atoms with Gasteiger partial charge < -0.3 is 5.73 Å². The summed E-state index contributed by atoms with van der Waals surface area (Å²) in [5.74, 6) is 2.17. The van der Waals surface area contributed by atoms with Gasteiger partial charge in [0, 0.05) is 12.6 Å². The van der Waals surface area contributed by atoms with Gasteiger partial charge >= 0.3 is 0 Å². The second-order valence-corrected chi connectivity index (χ2v) is 4.98. The molecule has 0 spiro atoms. The standard InChI is InChI=1S/C13H20N4/c1-10(2)7-11(9-14)8-13-16-15-12-5-3-4-6-17(12)13/h3-6,10-11H,7-9,14H2,1-2H3. The maximum atomic E-state index is 5.82. The fraction of sp³-hybridized carbons (Fsp3) is 0.538. The Kier molecular flexibility index (Phi) is 3.74. The summed E-state index contributed by atoms with van der Waals surface area (Å²) in [5, 5.41) is 8.41. The van der Waals surface area contributed by atoms with Gasteiger partial charge in [-0.1, -0.05) is 19.9 Å². The first kappa shape index (κ1) is 12.0. The first-order chi connectivity index (χ1) is 8.20. The normalized spacial score (nSPS) is 13.4. The fourth-order valence-corrected chi connectivity index (χ4v) is 2.22. The highest BCUT2D eigenvalue weighted by atomic mass is 15.2. The molecule has 0 bridgehead atoms. The monoisotopic (exact) mass is 232 g/mol. The minimum absolute atomic E-state index is 0.489. The number of nitrogens with zero attached hydrogens (tertiary/aromatic N) is 3. The summed E-state index contributed by atoms with van der Waals surface area (Å²) in [6, 6.07) is 5.94. The highest BCUT2D eigenvalue weighted by Crippen LogP contribution is 2.15. The van der Waals surface area contributed by atoms with Crippen LogP contribution in [0.15, 0.2) is 24.4 Å². The number of rotatable bonds is 5. The largest absolute Gasteiger partial charge is 0.330 e. The lowest BCUT2D eigenvalue weighted by Gasteiger charge is -2.15. The van der Waals surface area contributed by atoms with Crippen LogP contribution in [0, 0.1) is 11.8 Å². The van der Waals surface area contributed by atoms with Crippen molar-refractivity contribution < 1.29 is 0 Å². The van der Waals surface area contributed by atoms with Crippen LogP contribution in [-0.4, -0.2) is 21.1 Å². The molecule has 0 radical (unpaired) electrons. The lowest BCUT2D eigenvalue weighted by Crippen LogP contribution is -2.20. The van der Waals surface area contributed by atoms with Crippen molar-refractivity contribution in [3.8, 4) is 0 Å². The van der Waals surface area contributed by atoms with Gasteiger partial charge in [0.25, 0.3) is 0 Å². The van der Waals surface area contributed by atoms with E-state index in [1.165, 1.54) is 0 Å². The van der Waals surface area contributed by atoms with Crippen molar-refractivity contribution in [2.75, 3.05) is 6.54 Å². The molecule has 0 aliphatic carbocycles. The van der Waals surface area contributed by atoms with Gasteiger partial charge in [-0.15, -0.1) is 10.2 Å². The van der Waals surface area contributed by atoms with Crippen molar-refractivity contribution in [2.45, 2.75) is 26.7 Å². The molecule has 0 aromatic carbocycles. The molecule has 1 unspecified atom stereocenters. The fourth-order valence-electron chi connectivity index (χ4n) is 2.22. The van der Waals surface area contributed by atoms with Gasteiger partial charge in [0.15, 0.2) is 5.65 Å². The van der Waals surface area contributed by atoms with Crippen molar-refractivity contribution in [3.63, 3.8) is 0 Å². The Hall–Kier alpha value is -1.42. The molecule has 2 aromatic rings. The Labute approximate surface area is 102 Å². The zero-order valence-corrected chi connectivity index (χ0v) is 10.5. The molecule has 0 saturated carbocycles. The van der Waals surface area contributed by atoms with Gasteiger partial charge in [-0.05, 0) is 36.9 Å². The van der Waals surface area contributed by atoms with E-state index in [0.717, 1.165) is 24.3 Å². The molecule has 4 nitrogen and oxygen atoms in total. The first-order valence-electron chi connectivity index (χ1n) is 6.19. The molecule has 2 aromatic heterocycles. The van der Waals surface area contributed by atoms with Crippen LogP contribution in [0.25, 0.3) is 5.65 Å². The second kappa shape index (κ2) is 5.27. The number of fused-ring (bicyclic) bond motifs is 1. The molecule has 2 rings (SSSR count). The lowest BCUT2D eigenvalue weighted by atomic mass is 9.94. The summed E-state index contributed by atoms with van der Waals surface area (Å²) < 4.78 is 2.04. The van der Waals surface area contributed by atoms with Crippen LogP contribution in [-0.2, 0) is 6.42 Å². The van der Waals surface area contributed by atoms with Crippen molar-refractivity contribution in [1.82, 2.24) is 14.6 Å². The van der Waals surface area contributed by atoms with Gasteiger partial charge in [0.2, 0.25) is 0 Å². The molecule has 0 fully saturated rings. The van der Waals surface area contributed by atoms with Gasteiger partial charge in [0.1, 0.15) is 5.82 Å². The summed E-state index contributed by atoms with van der Waals surface area (Å²) in [6.45, 7) is 5.16. The predicted octanol–water partition coefficient (Wildman–Crippen LogP) is 1.89. The van der Waals surface area contributed by atoms with E-state index >= 15 is 0 Å². The minimum atomic E-state index is 0.489. The Morgan fingerprint density at radius 2 is 2.12 bits per heavy atom. The summed E-state index contributed by atoms with van der Waals surface area (Å²) >= 11 is 0. The average molecular weight is 232 g/mol. The van der Waals surface area contributed by atoms with Gasteiger partial charge in [-0.2, -0.15) is 0 Å². The molecule has 4 heteroatoms. The third-order valence-electron chi connectivity index (χ3n) is 2.99. The Morgan fingerprint density at radius 3 is 2.82 bits per heavy atom. The molecule has 1 atom stereocenters. The number of hydrogen-bond acceptors (Lipinski definition) is 3. The van der Waals surface area contributed by atoms with E-state index in [1.807, 2.05) is 28.8 Å². The minimum Gasteiger partial charge on any atom is -0.330 e. The van der Waals surface area contributed by atoms with E-state index in [2.05, 4.69) is 24.0 Å². The second-order valence-electron chi connectivity index (χ2n) is 4.98. The topological polar surface area (TPSA) is 56.2 Å². The van der Waals surface area contributed by atoms with Crippen molar-refractivity contribution in [1.29, 1.82) is 0 Å². The number of aromatic nitrogens is 3. The molecule has 92 valence electrons. The molecular formula is C13H20N4. The average Bonchev–Trinajstić information content (AvgIpc) is 2.71. The van der Waals surface area contributed by atoms with Crippen molar-refractivity contribution in [3.05, 3.63) is 30.2 Å². The molecule has 2 heterocycles. The van der Waals surface area contributed by atoms with E-state index in [-0.39, 0.29) is 0 Å². The van der Waals surface area contributed by atoms with Crippen LogP contribution in [0.3, 0.4) is 0 Å². The number of nitrogens with two attached hydrogens (primary N) is 1. The summed E-state index contributed by atoms with van der Waals surface area (Å²) in [6.07, 6.45) is 4.05. The molecule has 17 heavy (non-hydrogen) atoms. The molecule has 2 N–H and O–H groups in total. The Balaban J connectivity index is 2.16.